The quantitative estimate of drug-likeness (QED) is 0.152. The molecule has 16 aromatic rings. The van der Waals surface area contributed by atoms with Crippen LogP contribution >= 0.6 is 0 Å². The molecule has 0 N–H and O–H groups in total. The summed E-state index contributed by atoms with van der Waals surface area (Å²) in [5, 5.41) is 0. The molecule has 11 aromatic carbocycles. The number of aryl methyl sites for hydroxylation is 8. The minimum absolute atomic E-state index is 0.192. The Morgan fingerprint density at radius 2 is 0.439 bits per heavy atom. The molecule has 0 saturated heterocycles. The summed E-state index contributed by atoms with van der Waals surface area (Å²) in [5.41, 5.74) is 28.4. The van der Waals surface area contributed by atoms with Crippen molar-refractivity contribution < 1.29 is 13.2 Å². The van der Waals surface area contributed by atoms with Crippen molar-refractivity contribution in [2.75, 3.05) is 0 Å². The van der Waals surface area contributed by atoms with E-state index in [0.717, 1.165) is 33.4 Å². The molecular weight excluding hydrogens is 1320 g/mol. The number of hydrogen-bond acceptors (Lipinski definition) is 5. The van der Waals surface area contributed by atoms with Crippen LogP contribution in [0.5, 0.6) is 0 Å². The van der Waals surface area contributed by atoms with E-state index in [4.69, 9.17) is 0 Å². The Morgan fingerprint density at radius 1 is 0.168 bits per heavy atom. The van der Waals surface area contributed by atoms with Crippen molar-refractivity contribution in [1.29, 1.82) is 0 Å². The molecule has 8 heteroatoms. The smallest absolute Gasteiger partial charge is 0.123 e. The Morgan fingerprint density at radius 3 is 0.757 bits per heavy atom. The van der Waals surface area contributed by atoms with Gasteiger partial charge in [-0.2, -0.15) is 0 Å². The van der Waals surface area contributed by atoms with Gasteiger partial charge in [-0.1, -0.05) is 282 Å². The largest absolute Gasteiger partial charge is 0.265 e. The zero-order valence-electron chi connectivity index (χ0n) is 61.8. The summed E-state index contributed by atoms with van der Waals surface area (Å²) < 4.78 is 38.5. The van der Waals surface area contributed by atoms with Gasteiger partial charge in [0, 0.05) is 62.0 Å². The lowest BCUT2D eigenvalue weighted by atomic mass is 10.0. The fourth-order valence-electron chi connectivity index (χ4n) is 10.9. The zero-order chi connectivity index (χ0) is 75.4. The van der Waals surface area contributed by atoms with Gasteiger partial charge in [-0.25, -0.2) is 13.2 Å². The molecule has 0 bridgehead atoms. The maximum atomic E-state index is 12.9. The molecule has 0 amide bonds. The Hall–Kier alpha value is -13.0. The van der Waals surface area contributed by atoms with Crippen LogP contribution in [-0.2, 0) is 0 Å². The second kappa shape index (κ2) is 41.9. The van der Waals surface area contributed by atoms with E-state index in [-0.39, 0.29) is 17.5 Å². The van der Waals surface area contributed by atoms with Crippen LogP contribution < -0.4 is 0 Å². The molecule has 0 atom stereocenters. The molecule has 0 unspecified atom stereocenters. The average Bonchev–Trinajstić information content (AvgIpc) is 0.808. The number of aromatic nitrogens is 5. The van der Waals surface area contributed by atoms with E-state index in [1.54, 1.807) is 48.8 Å². The topological polar surface area (TPSA) is 64.5 Å². The van der Waals surface area contributed by atoms with Crippen LogP contribution in [0.1, 0.15) is 44.5 Å². The highest BCUT2D eigenvalue weighted by Gasteiger charge is 2.04. The molecule has 0 radical (unpaired) electrons. The first-order valence-electron chi connectivity index (χ1n) is 35.4. The van der Waals surface area contributed by atoms with Gasteiger partial charge in [0.25, 0.3) is 0 Å². The van der Waals surface area contributed by atoms with Gasteiger partial charge in [-0.3, -0.25) is 24.9 Å². The van der Waals surface area contributed by atoms with Crippen LogP contribution in [0.4, 0.5) is 13.2 Å². The highest BCUT2D eigenvalue weighted by molar-refractivity contribution is 5.69. The van der Waals surface area contributed by atoms with Gasteiger partial charge in [0.2, 0.25) is 0 Å². The molecule has 530 valence electrons. The molecule has 0 aliphatic heterocycles. The predicted molar refractivity (Wildman–Crippen MR) is 442 cm³/mol. The molecule has 0 spiro atoms. The lowest BCUT2D eigenvalue weighted by Gasteiger charge is -2.03. The van der Waals surface area contributed by atoms with E-state index < -0.39 is 0 Å². The van der Waals surface area contributed by atoms with Crippen molar-refractivity contribution in [3.05, 3.63) is 452 Å². The van der Waals surface area contributed by atoms with Crippen LogP contribution in [-0.4, -0.2) is 24.9 Å². The van der Waals surface area contributed by atoms with Gasteiger partial charge in [-0.15, -0.1) is 0 Å². The maximum absolute atomic E-state index is 12.9. The Kier molecular flexibility index (Phi) is 30.6. The number of nitrogens with zero attached hydrogens (tertiary/aromatic N) is 5. The summed E-state index contributed by atoms with van der Waals surface area (Å²) in [6, 6.07) is 107. The van der Waals surface area contributed by atoms with Gasteiger partial charge >= 0.3 is 0 Å². The number of benzene rings is 11. The number of rotatable bonds is 8. The first-order chi connectivity index (χ1) is 52.1. The number of hydrogen-bond donors (Lipinski definition) is 0. The molecule has 107 heavy (non-hydrogen) atoms. The second-order valence-corrected chi connectivity index (χ2v) is 25.6. The normalized spacial score (nSPS) is 10.0. The zero-order valence-corrected chi connectivity index (χ0v) is 61.8. The third kappa shape index (κ3) is 26.6. The van der Waals surface area contributed by atoms with Crippen molar-refractivity contribution in [3.63, 3.8) is 0 Å². The first-order valence-corrected chi connectivity index (χ1v) is 35.4. The lowest BCUT2D eigenvalue weighted by molar-refractivity contribution is 0.627. The first kappa shape index (κ1) is 78.1. The monoisotopic (exact) mass is 1400 g/mol. The van der Waals surface area contributed by atoms with Crippen molar-refractivity contribution in [2.24, 2.45) is 0 Å². The summed E-state index contributed by atoms with van der Waals surface area (Å²) in [7, 11) is 0. The van der Waals surface area contributed by atoms with Gasteiger partial charge in [0.1, 0.15) is 17.5 Å². The van der Waals surface area contributed by atoms with Gasteiger partial charge in [0.15, 0.2) is 0 Å². The highest BCUT2D eigenvalue weighted by atomic mass is 19.1. The Balaban J connectivity index is 0.000000141. The summed E-state index contributed by atoms with van der Waals surface area (Å²) in [6.45, 7) is 16.6. The van der Waals surface area contributed by atoms with Crippen molar-refractivity contribution in [3.8, 4) is 89.0 Å². The number of pyridine rings is 5. The summed E-state index contributed by atoms with van der Waals surface area (Å²) in [5.74, 6) is -0.577. The SMILES string of the molecule is Cc1ccc(-c2ccc(F)cc2)cc1.Cc1ccc(-c2cccc(F)c2)cc1.Cc1ccc(-c2cccc(F)c2)cc1.Cc1ccc(-c2cccnc2)cc1.Cc1ccc(-c2cccnc2)cc1.Cc1ccc(-c2ccncc2)cc1.Cc1cccc(-c2ccncc2)c1.Cc1ccccc1-c1ccncc1. The fraction of sp³-hybridized carbons (Fsp3) is 0.0808. The lowest BCUT2D eigenvalue weighted by Crippen LogP contribution is -1.81. The van der Waals surface area contributed by atoms with E-state index in [1.807, 2.05) is 185 Å². The van der Waals surface area contributed by atoms with Crippen LogP contribution in [0, 0.1) is 72.8 Å². The second-order valence-electron chi connectivity index (χ2n) is 25.6. The van der Waals surface area contributed by atoms with Crippen LogP contribution in [0.3, 0.4) is 0 Å². The molecule has 0 saturated carbocycles. The third-order valence-electron chi connectivity index (χ3n) is 17.0. The number of halogens is 3. The molecule has 0 aliphatic rings. The van der Waals surface area contributed by atoms with E-state index >= 15 is 0 Å². The average molecular weight is 1400 g/mol. The molecule has 5 heterocycles. The van der Waals surface area contributed by atoms with Gasteiger partial charge in [0.05, 0.1) is 0 Å². The van der Waals surface area contributed by atoms with Crippen LogP contribution in [0.2, 0.25) is 0 Å². The Bertz CT molecular complexity index is 4870. The fourth-order valence-corrected chi connectivity index (χ4v) is 10.9. The van der Waals surface area contributed by atoms with E-state index in [1.165, 1.54) is 124 Å². The standard InChI is InChI=1S/3C13H11F.5C12H11N/c1-10-2-4-11(5-3-10)12-6-8-13(14)9-7-12;2*1-10-5-7-11(8-6-10)12-3-2-4-13(14)9-12;1-10-2-4-11(5-3-10)12-6-8-13-9-7-12;2*1-10-4-6-11(7-5-10)12-3-2-8-13-9-12;1-10-3-2-4-12(9-10)11-5-7-13-8-6-11;1-10-4-2-3-5-12(10)11-6-8-13-9-7-11/h3*2-9H,1H3;5*2-9H,1H3. The molecule has 5 aromatic heterocycles. The minimum atomic E-state index is -0.194. The third-order valence-corrected chi connectivity index (χ3v) is 17.0. The van der Waals surface area contributed by atoms with Crippen molar-refractivity contribution in [2.45, 2.75) is 55.4 Å². The van der Waals surface area contributed by atoms with Crippen molar-refractivity contribution >= 4 is 0 Å². The van der Waals surface area contributed by atoms with Gasteiger partial charge in [-0.05, 0) is 235 Å². The molecule has 5 nitrogen and oxygen atoms in total. The molecule has 0 aliphatic carbocycles. The van der Waals surface area contributed by atoms with Crippen LogP contribution in [0.25, 0.3) is 89.0 Å². The van der Waals surface area contributed by atoms with E-state index in [2.05, 4.69) is 212 Å². The maximum Gasteiger partial charge on any atom is 0.123 e. The molecule has 16 rings (SSSR count). The Labute approximate surface area is 630 Å². The summed E-state index contributed by atoms with van der Waals surface area (Å²) in [6.07, 6.45) is 18.2. The summed E-state index contributed by atoms with van der Waals surface area (Å²) in [4.78, 5) is 20.1. The van der Waals surface area contributed by atoms with Crippen LogP contribution in [0.15, 0.2) is 390 Å². The molecule has 0 fully saturated rings. The van der Waals surface area contributed by atoms with E-state index in [9.17, 15) is 13.2 Å². The molecular formula is C99H88F3N5. The predicted octanol–water partition coefficient (Wildman–Crippen LogP) is 26.7. The highest BCUT2D eigenvalue weighted by Crippen LogP contribution is 2.27. The minimum Gasteiger partial charge on any atom is -0.265 e. The van der Waals surface area contributed by atoms with E-state index in [0.29, 0.717) is 0 Å². The van der Waals surface area contributed by atoms with Crippen molar-refractivity contribution in [1.82, 2.24) is 24.9 Å². The summed E-state index contributed by atoms with van der Waals surface area (Å²) >= 11 is 0. The van der Waals surface area contributed by atoms with Gasteiger partial charge < -0.3 is 0 Å².